The van der Waals surface area contributed by atoms with E-state index in [0.29, 0.717) is 0 Å². The molecule has 1 aromatic rings. The molecular weight excluding hydrogens is 204 g/mol. The summed E-state index contributed by atoms with van der Waals surface area (Å²) in [5.74, 6) is 0.230. The maximum Gasteiger partial charge on any atom is 0.324 e. The van der Waals surface area contributed by atoms with Crippen molar-refractivity contribution in [2.75, 3.05) is 18.5 Å². The second-order valence-electron chi connectivity index (χ2n) is 4.71. The molecule has 3 rings (SSSR count). The number of likely N-dealkylation sites (N-methyl/N-ethyl adjacent to an activating group) is 1. The topological polar surface area (TPSA) is 43.8 Å². The van der Waals surface area contributed by atoms with Gasteiger partial charge in [0.25, 0.3) is 0 Å². The Morgan fingerprint density at radius 3 is 2.44 bits per heavy atom. The minimum absolute atomic E-state index is 0.0306. The van der Waals surface area contributed by atoms with Gasteiger partial charge < -0.3 is 10.0 Å². The average molecular weight is 218 g/mol. The normalized spacial score (nSPS) is 21.9. The fourth-order valence-corrected chi connectivity index (χ4v) is 2.47. The summed E-state index contributed by atoms with van der Waals surface area (Å²) in [7, 11) is 1.84. The number of urea groups is 1. The van der Waals surface area contributed by atoms with E-state index in [1.807, 2.05) is 11.9 Å². The predicted molar refractivity (Wildman–Crippen MR) is 60.6 cm³/mol. The molecule has 1 aliphatic carbocycles. The number of amides is 2. The molecule has 0 aromatic heterocycles. The number of rotatable bonds is 1. The maximum absolute atomic E-state index is 12.0. The molecule has 1 spiro atoms. The largest absolute Gasteiger partial charge is 0.508 e. The first kappa shape index (κ1) is 9.51. The second-order valence-corrected chi connectivity index (χ2v) is 4.71. The van der Waals surface area contributed by atoms with Crippen LogP contribution in [0.3, 0.4) is 0 Å². The van der Waals surface area contributed by atoms with Gasteiger partial charge in [-0.2, -0.15) is 0 Å². The highest BCUT2D eigenvalue weighted by molar-refractivity contribution is 5.97. The fourth-order valence-electron chi connectivity index (χ4n) is 2.47. The van der Waals surface area contributed by atoms with Crippen molar-refractivity contribution in [2.24, 2.45) is 0 Å². The summed E-state index contributed by atoms with van der Waals surface area (Å²) in [6.45, 7) is 0.812. The van der Waals surface area contributed by atoms with E-state index in [4.69, 9.17) is 0 Å². The number of carbonyl (C=O) groups is 1. The summed E-state index contributed by atoms with van der Waals surface area (Å²) in [6.07, 6.45) is 2.15. The summed E-state index contributed by atoms with van der Waals surface area (Å²) < 4.78 is 0. The van der Waals surface area contributed by atoms with Crippen molar-refractivity contribution in [1.82, 2.24) is 4.90 Å². The Kier molecular flexibility index (Phi) is 1.73. The summed E-state index contributed by atoms with van der Waals surface area (Å²) in [6, 6.07) is 6.90. The lowest BCUT2D eigenvalue weighted by molar-refractivity contribution is 0.229. The van der Waals surface area contributed by atoms with E-state index in [1.54, 1.807) is 29.2 Å². The molecule has 4 nitrogen and oxygen atoms in total. The Morgan fingerprint density at radius 2 is 1.88 bits per heavy atom. The Hall–Kier alpha value is -1.71. The van der Waals surface area contributed by atoms with Gasteiger partial charge >= 0.3 is 6.03 Å². The van der Waals surface area contributed by atoms with Gasteiger partial charge in [-0.25, -0.2) is 4.79 Å². The molecule has 0 atom stereocenters. The van der Waals surface area contributed by atoms with Crippen LogP contribution in [0.25, 0.3) is 0 Å². The molecule has 84 valence electrons. The van der Waals surface area contributed by atoms with Crippen LogP contribution in [-0.2, 0) is 0 Å². The van der Waals surface area contributed by atoms with E-state index in [0.717, 1.165) is 25.1 Å². The zero-order valence-corrected chi connectivity index (χ0v) is 9.18. The first-order valence-corrected chi connectivity index (χ1v) is 5.47. The standard InChI is InChI=1S/C12H14N2O2/c1-13-8-12(6-7-12)14(11(13)16)9-2-4-10(15)5-3-9/h2-5,15H,6-8H2,1H3. The van der Waals surface area contributed by atoms with Crippen LogP contribution in [0, 0.1) is 0 Å². The molecule has 1 aromatic carbocycles. The van der Waals surface area contributed by atoms with Crippen LogP contribution in [0.2, 0.25) is 0 Å². The number of phenols is 1. The van der Waals surface area contributed by atoms with E-state index in [1.165, 1.54) is 0 Å². The molecule has 1 heterocycles. The first-order chi connectivity index (χ1) is 7.62. The number of anilines is 1. The van der Waals surface area contributed by atoms with Gasteiger partial charge in [0.05, 0.1) is 5.54 Å². The average Bonchev–Trinajstić information content (AvgIpc) is 2.96. The van der Waals surface area contributed by atoms with Gasteiger partial charge in [0.15, 0.2) is 0 Å². The van der Waals surface area contributed by atoms with Crippen molar-refractivity contribution in [3.63, 3.8) is 0 Å². The SMILES string of the molecule is CN1CC2(CC2)N(c2ccc(O)cc2)C1=O. The summed E-state index contributed by atoms with van der Waals surface area (Å²) >= 11 is 0. The molecule has 0 unspecified atom stereocenters. The van der Waals surface area contributed by atoms with E-state index in [2.05, 4.69) is 0 Å². The van der Waals surface area contributed by atoms with E-state index < -0.39 is 0 Å². The van der Waals surface area contributed by atoms with Crippen LogP contribution in [-0.4, -0.2) is 35.2 Å². The molecule has 16 heavy (non-hydrogen) atoms. The Bertz CT molecular complexity index is 437. The first-order valence-electron chi connectivity index (χ1n) is 5.47. The number of aromatic hydroxyl groups is 1. The third-order valence-electron chi connectivity index (χ3n) is 3.46. The third kappa shape index (κ3) is 1.19. The zero-order valence-electron chi connectivity index (χ0n) is 9.18. The van der Waals surface area contributed by atoms with Crippen LogP contribution in [0.4, 0.5) is 10.5 Å². The lowest BCUT2D eigenvalue weighted by Gasteiger charge is -2.22. The molecule has 0 radical (unpaired) electrons. The minimum Gasteiger partial charge on any atom is -0.508 e. The molecule has 1 N–H and O–H groups in total. The fraction of sp³-hybridized carbons (Fsp3) is 0.417. The van der Waals surface area contributed by atoms with Crippen molar-refractivity contribution in [3.8, 4) is 5.75 Å². The van der Waals surface area contributed by atoms with Crippen molar-refractivity contribution >= 4 is 11.7 Å². The monoisotopic (exact) mass is 218 g/mol. The number of hydrogen-bond acceptors (Lipinski definition) is 2. The number of carbonyl (C=O) groups excluding carboxylic acids is 1. The van der Waals surface area contributed by atoms with Gasteiger partial charge in [-0.1, -0.05) is 0 Å². The van der Waals surface area contributed by atoms with Crippen LogP contribution in [0.1, 0.15) is 12.8 Å². The highest BCUT2D eigenvalue weighted by Crippen LogP contribution is 2.48. The highest BCUT2D eigenvalue weighted by atomic mass is 16.3. The summed E-state index contributed by atoms with van der Waals surface area (Å²) in [5.41, 5.74) is 0.910. The third-order valence-corrected chi connectivity index (χ3v) is 3.46. The van der Waals surface area contributed by atoms with Crippen LogP contribution in [0.15, 0.2) is 24.3 Å². The summed E-state index contributed by atoms with van der Waals surface area (Å²) in [5, 5.41) is 9.25. The lowest BCUT2D eigenvalue weighted by Crippen LogP contribution is -2.35. The predicted octanol–water partition coefficient (Wildman–Crippen LogP) is 1.80. The molecule has 1 aliphatic heterocycles. The van der Waals surface area contributed by atoms with Gasteiger partial charge in [-0.05, 0) is 37.1 Å². The van der Waals surface area contributed by atoms with Crippen LogP contribution >= 0.6 is 0 Å². The second kappa shape index (κ2) is 2.90. The Balaban J connectivity index is 1.99. The lowest BCUT2D eigenvalue weighted by atomic mass is 10.2. The Labute approximate surface area is 94.1 Å². The highest BCUT2D eigenvalue weighted by Gasteiger charge is 2.57. The zero-order chi connectivity index (χ0) is 11.3. The maximum atomic E-state index is 12.0. The molecule has 4 heteroatoms. The smallest absolute Gasteiger partial charge is 0.324 e. The van der Waals surface area contributed by atoms with Crippen molar-refractivity contribution in [3.05, 3.63) is 24.3 Å². The quantitative estimate of drug-likeness (QED) is 0.781. The number of benzene rings is 1. The Morgan fingerprint density at radius 1 is 1.25 bits per heavy atom. The number of phenolic OH excluding ortho intramolecular Hbond substituents is 1. The van der Waals surface area contributed by atoms with E-state index >= 15 is 0 Å². The van der Waals surface area contributed by atoms with Gasteiger partial charge in [0, 0.05) is 19.3 Å². The molecule has 0 bridgehead atoms. The minimum atomic E-state index is 0.0306. The molecule has 1 saturated carbocycles. The van der Waals surface area contributed by atoms with E-state index in [9.17, 15) is 9.90 Å². The van der Waals surface area contributed by atoms with Gasteiger partial charge in [-0.15, -0.1) is 0 Å². The van der Waals surface area contributed by atoms with Gasteiger partial charge in [0.2, 0.25) is 0 Å². The van der Waals surface area contributed by atoms with Crippen molar-refractivity contribution in [1.29, 1.82) is 0 Å². The van der Waals surface area contributed by atoms with Gasteiger partial charge in [-0.3, -0.25) is 4.90 Å². The van der Waals surface area contributed by atoms with Crippen LogP contribution < -0.4 is 4.90 Å². The molecule has 2 aliphatic rings. The molecule has 2 fully saturated rings. The number of hydrogen-bond donors (Lipinski definition) is 1. The number of nitrogens with zero attached hydrogens (tertiary/aromatic N) is 2. The molecule has 2 amide bonds. The molecule has 1 saturated heterocycles. The van der Waals surface area contributed by atoms with Gasteiger partial charge in [0.1, 0.15) is 5.75 Å². The molecular formula is C12H14N2O2. The summed E-state index contributed by atoms with van der Waals surface area (Å²) in [4.78, 5) is 15.7. The van der Waals surface area contributed by atoms with Crippen LogP contribution in [0.5, 0.6) is 5.75 Å². The van der Waals surface area contributed by atoms with Crippen molar-refractivity contribution in [2.45, 2.75) is 18.4 Å². The van der Waals surface area contributed by atoms with Crippen molar-refractivity contribution < 1.29 is 9.90 Å². The van der Waals surface area contributed by atoms with E-state index in [-0.39, 0.29) is 17.3 Å².